The van der Waals surface area contributed by atoms with Crippen molar-refractivity contribution in [2.45, 2.75) is 75.3 Å². The van der Waals surface area contributed by atoms with Crippen LogP contribution in [0.4, 0.5) is 13.2 Å². The third-order valence-corrected chi connectivity index (χ3v) is 7.74. The Morgan fingerprint density at radius 3 is 2.39 bits per heavy atom. The maximum atomic E-state index is 12.8. The lowest BCUT2D eigenvalue weighted by Gasteiger charge is -2.35. The topological polar surface area (TPSA) is 103 Å². The predicted molar refractivity (Wildman–Crippen MR) is 119 cm³/mol. The molecule has 2 amide bonds. The van der Waals surface area contributed by atoms with Gasteiger partial charge in [0.25, 0.3) is 5.91 Å². The van der Waals surface area contributed by atoms with Crippen molar-refractivity contribution >= 4 is 29.2 Å². The molecule has 5 atom stereocenters. The monoisotopic (exact) mass is 530 g/mol. The molecule has 0 radical (unpaired) electrons. The summed E-state index contributed by atoms with van der Waals surface area (Å²) in [6.07, 6.45) is -4.45. The maximum Gasteiger partial charge on any atom is 0.522 e. The van der Waals surface area contributed by atoms with Crippen LogP contribution in [0.15, 0.2) is 18.2 Å². The second kappa shape index (κ2) is 9.83. The van der Waals surface area contributed by atoms with Crippen LogP contribution in [0.5, 0.6) is 5.75 Å². The van der Waals surface area contributed by atoms with E-state index in [1.807, 2.05) is 0 Å². The van der Waals surface area contributed by atoms with Crippen molar-refractivity contribution in [3.63, 3.8) is 0 Å². The summed E-state index contributed by atoms with van der Waals surface area (Å²) < 4.78 is 51.6. The number of alkyl halides is 3. The Balaban J connectivity index is 1.03. The highest BCUT2D eigenvalue weighted by Gasteiger charge is 2.48. The molecule has 0 spiro atoms. The molecule has 3 saturated carbocycles. The zero-order valence-corrected chi connectivity index (χ0v) is 19.9. The van der Waals surface area contributed by atoms with Crippen molar-refractivity contribution in [2.75, 3.05) is 6.61 Å². The zero-order chi connectivity index (χ0) is 25.6. The van der Waals surface area contributed by atoms with E-state index < -0.39 is 24.7 Å². The Morgan fingerprint density at radius 2 is 1.72 bits per heavy atom. The number of carbonyl (C=O) groups excluding carboxylic acids is 3. The molecule has 5 rings (SSSR count). The Hall–Kier alpha value is -2.37. The Labute approximate surface area is 210 Å². The maximum absolute atomic E-state index is 12.8. The molecular formula is C24H26ClF3N2O6. The SMILES string of the molecule is O=C(CO[C@H]1C[C@@H](OC(F)(F)F)C1)N[C@@H]1C[C@@H]2C[C@H]1C[C@H]2NC(=O)[C@H]1CC(=O)c2cc(Cl)ccc2O1. The summed E-state index contributed by atoms with van der Waals surface area (Å²) in [5.41, 5.74) is 0.376. The van der Waals surface area contributed by atoms with E-state index in [0.717, 1.165) is 6.42 Å². The summed E-state index contributed by atoms with van der Waals surface area (Å²) in [7, 11) is 0. The second-order valence-electron chi connectivity index (χ2n) is 9.98. The van der Waals surface area contributed by atoms with Gasteiger partial charge in [-0.05, 0) is 49.3 Å². The van der Waals surface area contributed by atoms with Gasteiger partial charge in [0.2, 0.25) is 5.91 Å². The average Bonchev–Trinajstić information content (AvgIpc) is 3.34. The second-order valence-corrected chi connectivity index (χ2v) is 10.4. The van der Waals surface area contributed by atoms with Gasteiger partial charge in [0, 0.05) is 29.9 Å². The van der Waals surface area contributed by atoms with Crippen molar-refractivity contribution in [3.8, 4) is 5.75 Å². The van der Waals surface area contributed by atoms with E-state index in [-0.39, 0.29) is 67.4 Å². The van der Waals surface area contributed by atoms with Gasteiger partial charge in [0.1, 0.15) is 12.4 Å². The molecule has 1 heterocycles. The number of amides is 2. The first kappa shape index (κ1) is 25.3. The number of rotatable bonds is 7. The number of benzene rings is 1. The van der Waals surface area contributed by atoms with Gasteiger partial charge < -0.3 is 20.1 Å². The van der Waals surface area contributed by atoms with Crippen LogP contribution >= 0.6 is 11.6 Å². The fraction of sp³-hybridized carbons (Fsp3) is 0.625. The number of ketones is 1. The van der Waals surface area contributed by atoms with Gasteiger partial charge in [-0.3, -0.25) is 19.1 Å². The first-order valence-corrected chi connectivity index (χ1v) is 12.4. The van der Waals surface area contributed by atoms with Crippen molar-refractivity contribution in [3.05, 3.63) is 28.8 Å². The standard InChI is InChI=1S/C24H26ClF3N2O6/c25-13-1-2-20-16(6-13)19(31)9-21(35-20)23(33)30-18-5-11-3-12(18)4-17(11)29-22(32)10-34-14-7-15(8-14)36-24(26,27)28/h1-2,6,11-12,14-15,17-18,21H,3-5,7-10H2,(H,29,32)(H,30,33)/t11-,12-,14-,15+,17+,18+,21+/m0/s1. The van der Waals surface area contributed by atoms with E-state index in [1.54, 1.807) is 12.1 Å². The van der Waals surface area contributed by atoms with Crippen LogP contribution in [0.25, 0.3) is 0 Å². The van der Waals surface area contributed by atoms with Crippen molar-refractivity contribution in [1.82, 2.24) is 10.6 Å². The van der Waals surface area contributed by atoms with Gasteiger partial charge in [-0.25, -0.2) is 0 Å². The largest absolute Gasteiger partial charge is 0.522 e. The number of hydrogen-bond acceptors (Lipinski definition) is 6. The van der Waals surface area contributed by atoms with Gasteiger partial charge in [-0.2, -0.15) is 0 Å². The molecule has 1 aliphatic heterocycles. The van der Waals surface area contributed by atoms with Crippen LogP contribution < -0.4 is 15.4 Å². The van der Waals surface area contributed by atoms with Gasteiger partial charge in [0.05, 0.1) is 24.2 Å². The molecule has 0 aromatic heterocycles. The molecule has 0 unspecified atom stereocenters. The number of halogens is 4. The summed E-state index contributed by atoms with van der Waals surface area (Å²) in [6, 6.07) is 4.63. The van der Waals surface area contributed by atoms with Crippen molar-refractivity contribution in [1.29, 1.82) is 0 Å². The first-order valence-electron chi connectivity index (χ1n) is 12.0. The van der Waals surface area contributed by atoms with Crippen LogP contribution in [0, 0.1) is 11.8 Å². The van der Waals surface area contributed by atoms with E-state index >= 15 is 0 Å². The molecule has 3 fully saturated rings. The smallest absolute Gasteiger partial charge is 0.479 e. The summed E-state index contributed by atoms with van der Waals surface area (Å²) in [5, 5.41) is 6.40. The lowest BCUT2D eigenvalue weighted by atomic mass is 9.90. The van der Waals surface area contributed by atoms with Gasteiger partial charge >= 0.3 is 6.36 Å². The van der Waals surface area contributed by atoms with Crippen LogP contribution in [0.2, 0.25) is 5.02 Å². The lowest BCUT2D eigenvalue weighted by Crippen LogP contribution is -2.50. The average molecular weight is 531 g/mol. The molecule has 3 aliphatic carbocycles. The number of Topliss-reactive ketones (excluding diaryl/α,β-unsaturated/α-hetero) is 1. The van der Waals surface area contributed by atoms with Crippen LogP contribution in [0.3, 0.4) is 0 Å². The number of hydrogen-bond donors (Lipinski definition) is 2. The van der Waals surface area contributed by atoms with E-state index in [1.165, 1.54) is 6.07 Å². The van der Waals surface area contributed by atoms with Crippen LogP contribution in [-0.2, 0) is 19.1 Å². The van der Waals surface area contributed by atoms with Crippen LogP contribution in [0.1, 0.15) is 48.9 Å². The molecule has 1 aromatic carbocycles. The fourth-order valence-electron chi connectivity index (χ4n) is 5.73. The number of ether oxygens (including phenoxy) is 3. The number of fused-ring (bicyclic) bond motifs is 3. The Kier molecular flexibility index (Phi) is 6.90. The van der Waals surface area contributed by atoms with Gasteiger partial charge in [-0.15, -0.1) is 13.2 Å². The van der Waals surface area contributed by atoms with E-state index in [0.29, 0.717) is 29.2 Å². The minimum atomic E-state index is -4.66. The number of nitrogens with one attached hydrogen (secondary N) is 2. The van der Waals surface area contributed by atoms with E-state index in [9.17, 15) is 27.6 Å². The molecule has 2 N–H and O–H groups in total. The lowest BCUT2D eigenvalue weighted by molar-refractivity contribution is -0.357. The first-order chi connectivity index (χ1) is 17.0. The molecule has 1 aromatic rings. The summed E-state index contributed by atoms with van der Waals surface area (Å²) >= 11 is 5.94. The molecular weight excluding hydrogens is 505 g/mol. The molecule has 0 saturated heterocycles. The highest BCUT2D eigenvalue weighted by molar-refractivity contribution is 6.31. The molecule has 196 valence electrons. The Morgan fingerprint density at radius 1 is 1.03 bits per heavy atom. The molecule has 2 bridgehead atoms. The Bertz CT molecular complexity index is 1050. The van der Waals surface area contributed by atoms with Crippen molar-refractivity contribution in [2.24, 2.45) is 11.8 Å². The minimum absolute atomic E-state index is 0.0360. The fourth-order valence-corrected chi connectivity index (χ4v) is 5.90. The summed E-state index contributed by atoms with van der Waals surface area (Å²) in [6.45, 7) is -0.211. The van der Waals surface area contributed by atoms with Gasteiger partial charge in [-0.1, -0.05) is 11.6 Å². The van der Waals surface area contributed by atoms with E-state index in [4.69, 9.17) is 21.1 Å². The highest BCUT2D eigenvalue weighted by Crippen LogP contribution is 2.45. The van der Waals surface area contributed by atoms with E-state index in [2.05, 4.69) is 15.4 Å². The predicted octanol–water partition coefficient (Wildman–Crippen LogP) is 3.16. The molecule has 8 nitrogen and oxygen atoms in total. The third kappa shape index (κ3) is 5.63. The normalized spacial score (nSPS) is 32.9. The molecule has 12 heteroatoms. The third-order valence-electron chi connectivity index (χ3n) is 7.51. The molecule has 36 heavy (non-hydrogen) atoms. The van der Waals surface area contributed by atoms with Crippen molar-refractivity contribution < 1.29 is 41.8 Å². The summed E-state index contributed by atoms with van der Waals surface area (Å²) in [5.74, 6) is -0.0806. The minimum Gasteiger partial charge on any atom is -0.479 e. The quantitative estimate of drug-likeness (QED) is 0.561. The van der Waals surface area contributed by atoms with Crippen LogP contribution in [-0.4, -0.2) is 61.0 Å². The number of carbonyl (C=O) groups is 3. The molecule has 4 aliphatic rings. The van der Waals surface area contributed by atoms with Gasteiger partial charge in [0.15, 0.2) is 11.9 Å². The highest BCUT2D eigenvalue weighted by atomic mass is 35.5. The summed E-state index contributed by atoms with van der Waals surface area (Å²) in [4.78, 5) is 37.5. The zero-order valence-electron chi connectivity index (χ0n) is 19.2.